The van der Waals surface area contributed by atoms with Gasteiger partial charge >= 0.3 is 0 Å². The fourth-order valence-electron chi connectivity index (χ4n) is 2.85. The Morgan fingerprint density at radius 1 is 1.45 bits per heavy atom. The molecule has 2 aromatic heterocycles. The predicted octanol–water partition coefficient (Wildman–Crippen LogP) is 2.14. The van der Waals surface area contributed by atoms with Gasteiger partial charge in [-0.2, -0.15) is 5.10 Å². The number of aryl methyl sites for hydroxylation is 1. The maximum absolute atomic E-state index is 12.7. The predicted molar refractivity (Wildman–Crippen MR) is 76.3 cm³/mol. The van der Waals surface area contributed by atoms with Crippen LogP contribution in [0.1, 0.15) is 32.2 Å². The van der Waals surface area contributed by atoms with Crippen LogP contribution in [0.25, 0.3) is 0 Å². The van der Waals surface area contributed by atoms with Crippen molar-refractivity contribution in [3.05, 3.63) is 33.3 Å². The van der Waals surface area contributed by atoms with Gasteiger partial charge in [0.05, 0.1) is 35.7 Å². The smallest absolute Gasteiger partial charge is 0.268 e. The fraction of sp³-hybridized carbons (Fsp3) is 0.429. The molecule has 0 atom stereocenters. The molecule has 0 saturated heterocycles. The highest BCUT2D eigenvalue weighted by atomic mass is 32.1. The number of nitrogens with zero attached hydrogens (tertiary/aromatic N) is 2. The third-order valence-corrected chi connectivity index (χ3v) is 5.10. The van der Waals surface area contributed by atoms with Gasteiger partial charge in [0.25, 0.3) is 5.91 Å². The molecule has 0 bridgehead atoms. The Hall–Kier alpha value is -1.66. The van der Waals surface area contributed by atoms with Crippen LogP contribution in [0.3, 0.4) is 0 Å². The number of nitrogens with one attached hydrogen (secondary N) is 1. The van der Waals surface area contributed by atoms with Gasteiger partial charge in [-0.05, 0) is 24.5 Å². The summed E-state index contributed by atoms with van der Waals surface area (Å²) in [4.78, 5) is 16.7. The van der Waals surface area contributed by atoms with Crippen molar-refractivity contribution >= 4 is 22.9 Å². The van der Waals surface area contributed by atoms with E-state index in [1.165, 1.54) is 10.4 Å². The first kappa shape index (κ1) is 12.1. The normalized spacial score (nSPS) is 17.7. The van der Waals surface area contributed by atoms with Gasteiger partial charge in [-0.15, -0.1) is 11.3 Å². The molecule has 0 radical (unpaired) electrons. The topological polar surface area (TPSA) is 58.2 Å². The Bertz CT molecular complexity index is 638. The van der Waals surface area contributed by atoms with E-state index in [0.29, 0.717) is 6.61 Å². The van der Waals surface area contributed by atoms with Crippen LogP contribution in [0.2, 0.25) is 0 Å². The lowest BCUT2D eigenvalue weighted by molar-refractivity contribution is 0.0988. The summed E-state index contributed by atoms with van der Waals surface area (Å²) >= 11 is 1.61. The fourth-order valence-corrected chi connectivity index (χ4v) is 3.95. The van der Waals surface area contributed by atoms with Crippen molar-refractivity contribution in [2.75, 3.05) is 18.1 Å². The lowest BCUT2D eigenvalue weighted by Gasteiger charge is -2.25. The summed E-state index contributed by atoms with van der Waals surface area (Å²) in [5.74, 6) is 0.0896. The molecule has 0 spiro atoms. The maximum Gasteiger partial charge on any atom is 0.268 e. The van der Waals surface area contributed by atoms with Crippen molar-refractivity contribution < 1.29 is 9.53 Å². The highest BCUT2D eigenvalue weighted by molar-refractivity contribution is 7.14. The number of ether oxygens (including phenoxy) is 1. The second-order valence-corrected chi connectivity index (χ2v) is 6.29. The van der Waals surface area contributed by atoms with Gasteiger partial charge in [-0.1, -0.05) is 0 Å². The Balaban J connectivity index is 1.67. The molecule has 5 nitrogen and oxygen atoms in total. The molecule has 2 aromatic rings. The van der Waals surface area contributed by atoms with Gasteiger partial charge in [0.2, 0.25) is 0 Å². The number of rotatable bonds is 1. The number of thiophene rings is 1. The highest BCUT2D eigenvalue weighted by Gasteiger charge is 2.27. The zero-order valence-corrected chi connectivity index (χ0v) is 11.8. The average Bonchev–Trinajstić information content (AvgIpc) is 3.12. The molecule has 2 aliphatic heterocycles. The van der Waals surface area contributed by atoms with E-state index in [9.17, 15) is 4.79 Å². The lowest BCUT2D eigenvalue weighted by atomic mass is 10.1. The zero-order valence-electron chi connectivity index (χ0n) is 11.0. The largest absolute Gasteiger partial charge is 0.376 e. The Kier molecular flexibility index (Phi) is 2.85. The molecule has 1 N–H and O–H groups in total. The van der Waals surface area contributed by atoms with Gasteiger partial charge in [-0.3, -0.25) is 9.89 Å². The first-order valence-corrected chi connectivity index (χ1v) is 7.68. The lowest BCUT2D eigenvalue weighted by Crippen LogP contribution is -2.34. The summed E-state index contributed by atoms with van der Waals surface area (Å²) in [6, 6.07) is 2.00. The molecule has 4 heterocycles. The Labute approximate surface area is 120 Å². The Morgan fingerprint density at radius 2 is 2.40 bits per heavy atom. The number of anilines is 1. The van der Waals surface area contributed by atoms with Crippen LogP contribution in [0.5, 0.6) is 0 Å². The van der Waals surface area contributed by atoms with Crippen molar-refractivity contribution in [3.8, 4) is 0 Å². The summed E-state index contributed by atoms with van der Waals surface area (Å²) in [6.45, 7) is 2.16. The minimum Gasteiger partial charge on any atom is -0.376 e. The minimum atomic E-state index is 0.0896. The number of carbonyl (C=O) groups is 1. The summed E-state index contributed by atoms with van der Waals surface area (Å²) in [6.07, 6.45) is 4.62. The van der Waals surface area contributed by atoms with Crippen LogP contribution in [0, 0.1) is 0 Å². The quantitative estimate of drug-likeness (QED) is 0.875. The van der Waals surface area contributed by atoms with E-state index < -0.39 is 0 Å². The second kappa shape index (κ2) is 4.71. The summed E-state index contributed by atoms with van der Waals surface area (Å²) in [5.41, 5.74) is 3.17. The highest BCUT2D eigenvalue weighted by Crippen LogP contribution is 2.31. The molecule has 6 heteroatoms. The van der Waals surface area contributed by atoms with Gasteiger partial charge < -0.3 is 9.64 Å². The summed E-state index contributed by atoms with van der Waals surface area (Å²) < 4.78 is 5.45. The van der Waals surface area contributed by atoms with Crippen molar-refractivity contribution in [1.82, 2.24) is 10.2 Å². The standard InChI is InChI=1S/C14H15N3O2S/c18-14(13-6-9-8-19-5-3-12(9)20-13)17-4-1-2-10-11(17)7-15-16-10/h6-7H,1-5,8H2,(H,15,16). The van der Waals surface area contributed by atoms with Crippen molar-refractivity contribution in [3.63, 3.8) is 0 Å². The number of carbonyl (C=O) groups excluding carboxylic acids is 1. The van der Waals surface area contributed by atoms with Crippen molar-refractivity contribution in [2.24, 2.45) is 0 Å². The van der Waals surface area contributed by atoms with Crippen LogP contribution in [0.4, 0.5) is 5.69 Å². The van der Waals surface area contributed by atoms with Crippen LogP contribution in [0.15, 0.2) is 12.3 Å². The zero-order chi connectivity index (χ0) is 13.5. The number of aromatic amines is 1. The third kappa shape index (κ3) is 1.87. The number of hydrogen-bond donors (Lipinski definition) is 1. The van der Waals surface area contributed by atoms with E-state index >= 15 is 0 Å². The Morgan fingerprint density at radius 3 is 3.30 bits per heavy atom. The van der Waals surface area contributed by atoms with Gasteiger partial charge in [0, 0.05) is 17.8 Å². The molecule has 0 fully saturated rings. The molecule has 0 aromatic carbocycles. The van der Waals surface area contributed by atoms with Crippen molar-refractivity contribution in [2.45, 2.75) is 25.9 Å². The van der Waals surface area contributed by atoms with Crippen LogP contribution in [-0.2, 0) is 24.2 Å². The molecule has 1 amide bonds. The summed E-state index contributed by atoms with van der Waals surface area (Å²) in [5, 5.41) is 7.04. The SMILES string of the molecule is O=C(c1cc2c(s1)CCOC2)N1CCCc2[nH]ncc21. The first-order chi connectivity index (χ1) is 9.83. The van der Waals surface area contributed by atoms with Gasteiger partial charge in [0.15, 0.2) is 0 Å². The minimum absolute atomic E-state index is 0.0896. The van der Waals surface area contributed by atoms with Gasteiger partial charge in [0.1, 0.15) is 0 Å². The van der Waals surface area contributed by atoms with E-state index in [2.05, 4.69) is 10.2 Å². The monoisotopic (exact) mass is 289 g/mol. The van der Waals surface area contributed by atoms with Gasteiger partial charge in [-0.25, -0.2) is 0 Å². The van der Waals surface area contributed by atoms with Crippen LogP contribution >= 0.6 is 11.3 Å². The van der Waals surface area contributed by atoms with E-state index in [0.717, 1.165) is 48.7 Å². The number of aromatic nitrogens is 2. The van der Waals surface area contributed by atoms with Crippen molar-refractivity contribution in [1.29, 1.82) is 0 Å². The van der Waals surface area contributed by atoms with E-state index in [1.807, 2.05) is 11.0 Å². The van der Waals surface area contributed by atoms with E-state index in [4.69, 9.17) is 4.74 Å². The molecule has 0 aliphatic carbocycles. The molecule has 104 valence electrons. The maximum atomic E-state index is 12.7. The van der Waals surface area contributed by atoms with E-state index in [1.54, 1.807) is 17.5 Å². The van der Waals surface area contributed by atoms with E-state index in [-0.39, 0.29) is 5.91 Å². The number of H-pyrrole nitrogens is 1. The molecular weight excluding hydrogens is 274 g/mol. The first-order valence-electron chi connectivity index (χ1n) is 6.86. The van der Waals surface area contributed by atoms with Crippen LogP contribution < -0.4 is 4.90 Å². The molecule has 0 saturated carbocycles. The number of hydrogen-bond acceptors (Lipinski definition) is 4. The molecule has 0 unspecified atom stereocenters. The third-order valence-electron chi connectivity index (χ3n) is 3.88. The molecular formula is C14H15N3O2S. The molecule has 4 rings (SSSR count). The second-order valence-electron chi connectivity index (χ2n) is 5.16. The molecule has 20 heavy (non-hydrogen) atoms. The summed E-state index contributed by atoms with van der Waals surface area (Å²) in [7, 11) is 0. The average molecular weight is 289 g/mol. The number of amides is 1. The number of fused-ring (bicyclic) bond motifs is 2. The van der Waals surface area contributed by atoms with Crippen LogP contribution in [-0.4, -0.2) is 29.3 Å². The molecule has 2 aliphatic rings.